The summed E-state index contributed by atoms with van der Waals surface area (Å²) >= 11 is 0. The summed E-state index contributed by atoms with van der Waals surface area (Å²) in [6.07, 6.45) is 5.22. The molecule has 0 aliphatic carbocycles. The number of amides is 1. The third-order valence-corrected chi connectivity index (χ3v) is 2.96. The Morgan fingerprint density at radius 1 is 1.60 bits per heavy atom. The molecule has 86 valence electrons. The van der Waals surface area contributed by atoms with Gasteiger partial charge in [0.05, 0.1) is 0 Å². The van der Waals surface area contributed by atoms with Crippen LogP contribution in [0.1, 0.15) is 33.1 Å². The Hall–Kier alpha value is -0.830. The van der Waals surface area contributed by atoms with Crippen LogP contribution in [0, 0.1) is 0 Å². The van der Waals surface area contributed by atoms with Gasteiger partial charge < -0.3 is 10.2 Å². The van der Waals surface area contributed by atoms with Crippen molar-refractivity contribution in [3.8, 4) is 0 Å². The fourth-order valence-electron chi connectivity index (χ4n) is 2.04. The molecule has 1 aliphatic rings. The van der Waals surface area contributed by atoms with E-state index in [4.69, 9.17) is 0 Å². The topological polar surface area (TPSA) is 32.3 Å². The average molecular weight is 210 g/mol. The summed E-state index contributed by atoms with van der Waals surface area (Å²) in [6, 6.07) is 0.470. The van der Waals surface area contributed by atoms with E-state index in [-0.39, 0.29) is 5.91 Å². The number of nitrogens with one attached hydrogen (secondary N) is 1. The zero-order valence-electron chi connectivity index (χ0n) is 10.0. The number of allylic oxidation sites excluding steroid dienone is 1. The van der Waals surface area contributed by atoms with Gasteiger partial charge in [-0.15, -0.1) is 0 Å². The van der Waals surface area contributed by atoms with Gasteiger partial charge in [-0.3, -0.25) is 4.79 Å². The van der Waals surface area contributed by atoms with Gasteiger partial charge in [0.2, 0.25) is 5.91 Å². The summed E-state index contributed by atoms with van der Waals surface area (Å²) in [5.41, 5.74) is 0.884. The molecule has 0 aromatic heterocycles. The highest BCUT2D eigenvalue weighted by atomic mass is 16.2. The van der Waals surface area contributed by atoms with Crippen molar-refractivity contribution in [1.82, 2.24) is 10.2 Å². The number of nitrogens with zero attached hydrogens (tertiary/aromatic N) is 1. The van der Waals surface area contributed by atoms with Gasteiger partial charge in [-0.1, -0.05) is 13.0 Å². The van der Waals surface area contributed by atoms with Crippen molar-refractivity contribution in [3.05, 3.63) is 11.6 Å². The molecule has 3 heteroatoms. The monoisotopic (exact) mass is 210 g/mol. The Morgan fingerprint density at radius 3 is 2.93 bits per heavy atom. The van der Waals surface area contributed by atoms with Crippen molar-refractivity contribution in [1.29, 1.82) is 0 Å². The van der Waals surface area contributed by atoms with Crippen LogP contribution in [0.4, 0.5) is 0 Å². The predicted molar refractivity (Wildman–Crippen MR) is 62.7 cm³/mol. The molecule has 0 saturated carbocycles. The van der Waals surface area contributed by atoms with Crippen molar-refractivity contribution in [2.45, 2.75) is 39.2 Å². The van der Waals surface area contributed by atoms with Crippen LogP contribution in [0.3, 0.4) is 0 Å². The van der Waals surface area contributed by atoms with Crippen LogP contribution < -0.4 is 5.32 Å². The van der Waals surface area contributed by atoms with E-state index in [2.05, 4.69) is 12.2 Å². The Kier molecular flexibility index (Phi) is 4.82. The molecule has 1 heterocycles. The minimum Gasteiger partial charge on any atom is -0.337 e. The number of piperidine rings is 1. The fraction of sp³-hybridized carbons (Fsp3) is 0.750. The Morgan fingerprint density at radius 2 is 2.33 bits per heavy atom. The van der Waals surface area contributed by atoms with Gasteiger partial charge >= 0.3 is 0 Å². The second kappa shape index (κ2) is 5.91. The average Bonchev–Trinajstić information content (AvgIpc) is 2.28. The highest BCUT2D eigenvalue weighted by Gasteiger charge is 2.22. The van der Waals surface area contributed by atoms with Crippen molar-refractivity contribution < 1.29 is 4.79 Å². The molecule has 1 rings (SSSR count). The van der Waals surface area contributed by atoms with Crippen molar-refractivity contribution in [3.63, 3.8) is 0 Å². The van der Waals surface area contributed by atoms with Crippen LogP contribution >= 0.6 is 0 Å². The van der Waals surface area contributed by atoms with Crippen LogP contribution in [0.25, 0.3) is 0 Å². The molecule has 0 spiro atoms. The SMILES string of the molecule is CCC=C(C)C(=O)N1CCCC(NC)C1. The second-order valence-electron chi connectivity index (χ2n) is 4.17. The lowest BCUT2D eigenvalue weighted by Crippen LogP contribution is -2.47. The predicted octanol–water partition coefficient (Wildman–Crippen LogP) is 1.55. The number of carbonyl (C=O) groups excluding carboxylic acids is 1. The van der Waals surface area contributed by atoms with E-state index in [9.17, 15) is 4.79 Å². The molecule has 1 aliphatic heterocycles. The summed E-state index contributed by atoms with van der Waals surface area (Å²) in [6.45, 7) is 5.73. The van der Waals surface area contributed by atoms with E-state index in [1.165, 1.54) is 6.42 Å². The molecule has 1 N–H and O–H groups in total. The van der Waals surface area contributed by atoms with E-state index >= 15 is 0 Å². The zero-order valence-corrected chi connectivity index (χ0v) is 10.0. The Bertz CT molecular complexity index is 248. The summed E-state index contributed by atoms with van der Waals surface area (Å²) in [5, 5.41) is 3.25. The van der Waals surface area contributed by atoms with Gasteiger partial charge in [0.1, 0.15) is 0 Å². The van der Waals surface area contributed by atoms with Gasteiger partial charge in [-0.2, -0.15) is 0 Å². The number of hydrogen-bond acceptors (Lipinski definition) is 2. The number of hydrogen-bond donors (Lipinski definition) is 1. The van der Waals surface area contributed by atoms with E-state index < -0.39 is 0 Å². The van der Waals surface area contributed by atoms with Crippen LogP contribution in [-0.4, -0.2) is 37.0 Å². The number of likely N-dealkylation sites (N-methyl/N-ethyl adjacent to an activating group) is 1. The van der Waals surface area contributed by atoms with Crippen molar-refractivity contribution in [2.75, 3.05) is 20.1 Å². The molecule has 1 saturated heterocycles. The molecule has 3 nitrogen and oxygen atoms in total. The molecular weight excluding hydrogens is 188 g/mol. The Labute approximate surface area is 92.5 Å². The van der Waals surface area contributed by atoms with Crippen molar-refractivity contribution >= 4 is 5.91 Å². The number of carbonyl (C=O) groups is 1. The molecule has 0 bridgehead atoms. The molecular formula is C12H22N2O. The summed E-state index contributed by atoms with van der Waals surface area (Å²) < 4.78 is 0. The summed E-state index contributed by atoms with van der Waals surface area (Å²) in [7, 11) is 1.97. The molecule has 0 aromatic carbocycles. The third-order valence-electron chi connectivity index (χ3n) is 2.96. The van der Waals surface area contributed by atoms with E-state index in [0.29, 0.717) is 6.04 Å². The third kappa shape index (κ3) is 3.34. The van der Waals surface area contributed by atoms with E-state index in [0.717, 1.165) is 31.5 Å². The quantitative estimate of drug-likeness (QED) is 0.717. The van der Waals surface area contributed by atoms with Crippen LogP contribution in [0.5, 0.6) is 0 Å². The minimum atomic E-state index is 0.205. The number of likely N-dealkylation sites (tertiary alicyclic amines) is 1. The molecule has 1 amide bonds. The van der Waals surface area contributed by atoms with Gasteiger partial charge in [0.15, 0.2) is 0 Å². The minimum absolute atomic E-state index is 0.205. The largest absolute Gasteiger partial charge is 0.337 e. The standard InChI is InChI=1S/C12H22N2O/c1-4-6-10(2)12(15)14-8-5-7-11(9-14)13-3/h6,11,13H,4-5,7-9H2,1-3H3. The fourth-order valence-corrected chi connectivity index (χ4v) is 2.04. The van der Waals surface area contributed by atoms with Crippen molar-refractivity contribution in [2.24, 2.45) is 0 Å². The molecule has 0 aromatic rings. The van der Waals surface area contributed by atoms with Crippen LogP contribution in [-0.2, 0) is 4.79 Å². The first-order chi connectivity index (χ1) is 7.19. The first-order valence-corrected chi connectivity index (χ1v) is 5.82. The molecule has 1 unspecified atom stereocenters. The van der Waals surface area contributed by atoms with Gasteiger partial charge in [-0.05, 0) is 33.2 Å². The van der Waals surface area contributed by atoms with Crippen LogP contribution in [0.2, 0.25) is 0 Å². The zero-order chi connectivity index (χ0) is 11.3. The number of rotatable bonds is 3. The van der Waals surface area contributed by atoms with Gasteiger partial charge in [0, 0.05) is 24.7 Å². The Balaban J connectivity index is 2.56. The lowest BCUT2D eigenvalue weighted by atomic mass is 10.0. The van der Waals surface area contributed by atoms with E-state index in [1.54, 1.807) is 0 Å². The normalized spacial score (nSPS) is 23.0. The first kappa shape index (κ1) is 12.2. The maximum Gasteiger partial charge on any atom is 0.249 e. The summed E-state index contributed by atoms with van der Waals surface area (Å²) in [5.74, 6) is 0.205. The second-order valence-corrected chi connectivity index (χ2v) is 4.17. The highest BCUT2D eigenvalue weighted by Crippen LogP contribution is 2.12. The van der Waals surface area contributed by atoms with E-state index in [1.807, 2.05) is 24.9 Å². The maximum atomic E-state index is 12.0. The molecule has 1 atom stereocenters. The molecule has 15 heavy (non-hydrogen) atoms. The molecule has 1 fully saturated rings. The van der Waals surface area contributed by atoms with Crippen LogP contribution in [0.15, 0.2) is 11.6 Å². The lowest BCUT2D eigenvalue weighted by Gasteiger charge is -2.32. The smallest absolute Gasteiger partial charge is 0.249 e. The van der Waals surface area contributed by atoms with Gasteiger partial charge in [0.25, 0.3) is 0 Å². The van der Waals surface area contributed by atoms with Gasteiger partial charge in [-0.25, -0.2) is 0 Å². The summed E-state index contributed by atoms with van der Waals surface area (Å²) in [4.78, 5) is 13.9. The maximum absolute atomic E-state index is 12.0. The molecule has 0 radical (unpaired) electrons. The lowest BCUT2D eigenvalue weighted by molar-refractivity contribution is -0.128. The highest BCUT2D eigenvalue weighted by molar-refractivity contribution is 5.92. The first-order valence-electron chi connectivity index (χ1n) is 5.82.